The van der Waals surface area contributed by atoms with E-state index in [2.05, 4.69) is 28.1 Å². The van der Waals surface area contributed by atoms with Crippen molar-refractivity contribution in [2.45, 2.75) is 11.7 Å². The van der Waals surface area contributed by atoms with E-state index in [9.17, 15) is 0 Å². The molecule has 104 valence electrons. The average Bonchev–Trinajstić information content (AvgIpc) is 2.61. The molecule has 0 fully saturated rings. The van der Waals surface area contributed by atoms with Gasteiger partial charge >= 0.3 is 0 Å². The molecule has 1 aliphatic rings. The lowest BCUT2D eigenvalue weighted by Gasteiger charge is -2.16. The number of ether oxygens (including phenoxy) is 1. The zero-order chi connectivity index (χ0) is 13.9. The lowest BCUT2D eigenvalue weighted by molar-refractivity contribution is 0.479. The summed E-state index contributed by atoms with van der Waals surface area (Å²) in [5, 5.41) is 2.14. The summed E-state index contributed by atoms with van der Waals surface area (Å²) in [4.78, 5) is 0. The van der Waals surface area contributed by atoms with Crippen molar-refractivity contribution >= 4 is 39.3 Å². The summed E-state index contributed by atoms with van der Waals surface area (Å²) in [7, 11) is 0. The highest BCUT2D eigenvalue weighted by molar-refractivity contribution is 9.09. The Bertz CT molecular complexity index is 617. The van der Waals surface area contributed by atoms with Gasteiger partial charge in [-0.15, -0.1) is 0 Å². The van der Waals surface area contributed by atoms with Crippen LogP contribution in [0.3, 0.4) is 0 Å². The Labute approximate surface area is 136 Å². The maximum Gasteiger partial charge on any atom is 0.131 e. The third kappa shape index (κ3) is 3.00. The molecule has 0 aromatic heterocycles. The number of fused-ring (bicyclic) bond motifs is 2. The van der Waals surface area contributed by atoms with E-state index >= 15 is 0 Å². The van der Waals surface area contributed by atoms with Crippen LogP contribution in [0.4, 0.5) is 0 Å². The lowest BCUT2D eigenvalue weighted by Crippen LogP contribution is -1.99. The maximum atomic E-state index is 6.17. The van der Waals surface area contributed by atoms with Gasteiger partial charge in [-0.2, -0.15) is 11.8 Å². The molecule has 0 unspecified atom stereocenters. The summed E-state index contributed by atoms with van der Waals surface area (Å²) in [6, 6.07) is 14.2. The minimum absolute atomic E-state index is 0.380. The van der Waals surface area contributed by atoms with E-state index in [1.807, 2.05) is 42.1 Å². The number of thioether (sulfide) groups is 1. The predicted molar refractivity (Wildman–Crippen MR) is 90.7 cm³/mol. The maximum absolute atomic E-state index is 6.17. The molecule has 20 heavy (non-hydrogen) atoms. The normalized spacial score (nSPS) is 16.8. The van der Waals surface area contributed by atoms with Crippen molar-refractivity contribution in [3.05, 3.63) is 58.6 Å². The second-order valence-corrected chi connectivity index (χ2v) is 7.18. The summed E-state index contributed by atoms with van der Waals surface area (Å²) >= 11 is 11.6. The van der Waals surface area contributed by atoms with Gasteiger partial charge < -0.3 is 4.74 Å². The molecule has 0 bridgehead atoms. The Hall–Kier alpha value is -0.640. The van der Waals surface area contributed by atoms with Crippen molar-refractivity contribution in [3.63, 3.8) is 0 Å². The van der Waals surface area contributed by atoms with Gasteiger partial charge in [0.1, 0.15) is 11.5 Å². The standard InChI is InChI=1S/C16H14BrClOS/c17-7-8-20-16-9-11-3-1-2-4-14(11)19-15-6-5-12(18)10-13(15)16/h1-6,10,16H,7-9H2/t16-/m0/s1. The fourth-order valence-electron chi connectivity index (χ4n) is 2.40. The zero-order valence-corrected chi connectivity index (χ0v) is 14.0. The topological polar surface area (TPSA) is 9.23 Å². The van der Waals surface area contributed by atoms with Crippen LogP contribution in [0, 0.1) is 0 Å². The Morgan fingerprint density at radius 3 is 2.90 bits per heavy atom. The molecule has 0 saturated heterocycles. The molecule has 0 aliphatic carbocycles. The summed E-state index contributed by atoms with van der Waals surface area (Å²) in [5.74, 6) is 2.95. The number of hydrogen-bond acceptors (Lipinski definition) is 2. The van der Waals surface area contributed by atoms with Crippen molar-refractivity contribution in [1.82, 2.24) is 0 Å². The van der Waals surface area contributed by atoms with Gasteiger partial charge in [0.2, 0.25) is 0 Å². The van der Waals surface area contributed by atoms with E-state index < -0.39 is 0 Å². The summed E-state index contributed by atoms with van der Waals surface area (Å²) in [5.41, 5.74) is 2.45. The molecular formula is C16H14BrClOS. The Morgan fingerprint density at radius 2 is 2.05 bits per heavy atom. The molecule has 0 amide bonds. The number of rotatable bonds is 3. The van der Waals surface area contributed by atoms with Crippen molar-refractivity contribution in [3.8, 4) is 11.5 Å². The Balaban J connectivity index is 2.04. The number of alkyl halides is 1. The van der Waals surface area contributed by atoms with Gasteiger partial charge in [-0.05, 0) is 36.2 Å². The molecule has 4 heteroatoms. The largest absolute Gasteiger partial charge is 0.457 e. The highest BCUT2D eigenvalue weighted by Crippen LogP contribution is 2.45. The van der Waals surface area contributed by atoms with Crippen LogP contribution < -0.4 is 4.74 Å². The third-order valence-corrected chi connectivity index (χ3v) is 5.73. The van der Waals surface area contributed by atoms with Crippen LogP contribution >= 0.6 is 39.3 Å². The molecule has 2 aromatic rings. The fourth-order valence-corrected chi connectivity index (χ4v) is 4.18. The number of benzene rings is 2. The Morgan fingerprint density at radius 1 is 1.20 bits per heavy atom. The summed E-state index contributed by atoms with van der Waals surface area (Å²) in [6.45, 7) is 0. The number of para-hydroxylation sites is 1. The van der Waals surface area contributed by atoms with E-state index in [0.717, 1.165) is 34.0 Å². The predicted octanol–water partition coefficient (Wildman–Crippen LogP) is 5.86. The first-order valence-corrected chi connectivity index (χ1v) is 9.05. The van der Waals surface area contributed by atoms with Gasteiger partial charge in [0, 0.05) is 26.9 Å². The zero-order valence-electron chi connectivity index (χ0n) is 10.8. The average molecular weight is 370 g/mol. The van der Waals surface area contributed by atoms with Gasteiger partial charge in [0.05, 0.1) is 0 Å². The minimum atomic E-state index is 0.380. The molecule has 0 spiro atoms. The van der Waals surface area contributed by atoms with Crippen LogP contribution in [0.5, 0.6) is 11.5 Å². The third-order valence-electron chi connectivity index (χ3n) is 3.31. The first kappa shape index (κ1) is 14.3. The molecule has 0 radical (unpaired) electrons. The lowest BCUT2D eigenvalue weighted by atomic mass is 10.0. The second kappa shape index (κ2) is 6.42. The molecule has 0 N–H and O–H groups in total. The van der Waals surface area contributed by atoms with Crippen LogP contribution in [0.2, 0.25) is 5.02 Å². The molecule has 1 atom stereocenters. The van der Waals surface area contributed by atoms with Gasteiger partial charge in [0.15, 0.2) is 0 Å². The van der Waals surface area contributed by atoms with Crippen LogP contribution in [0.15, 0.2) is 42.5 Å². The van der Waals surface area contributed by atoms with E-state index in [1.54, 1.807) is 0 Å². The highest BCUT2D eigenvalue weighted by atomic mass is 79.9. The van der Waals surface area contributed by atoms with Crippen LogP contribution in [0.1, 0.15) is 16.4 Å². The second-order valence-electron chi connectivity index (χ2n) is 4.64. The van der Waals surface area contributed by atoms with Crippen LogP contribution in [-0.4, -0.2) is 11.1 Å². The van der Waals surface area contributed by atoms with E-state index in [0.29, 0.717) is 5.25 Å². The number of halogens is 2. The summed E-state index contributed by atoms with van der Waals surface area (Å²) in [6.07, 6.45) is 0.973. The van der Waals surface area contributed by atoms with Gasteiger partial charge in [-0.1, -0.05) is 45.7 Å². The minimum Gasteiger partial charge on any atom is -0.457 e. The molecule has 3 rings (SSSR count). The van der Waals surface area contributed by atoms with Gasteiger partial charge in [-0.25, -0.2) is 0 Å². The van der Waals surface area contributed by atoms with E-state index in [1.165, 1.54) is 11.1 Å². The SMILES string of the molecule is Clc1ccc2c(c1)[C@@H](SCCBr)Cc1ccccc1O2. The summed E-state index contributed by atoms with van der Waals surface area (Å²) < 4.78 is 6.08. The smallest absolute Gasteiger partial charge is 0.131 e. The van der Waals surface area contributed by atoms with Crippen molar-refractivity contribution in [2.24, 2.45) is 0 Å². The molecule has 0 saturated carbocycles. The van der Waals surface area contributed by atoms with Gasteiger partial charge in [0.25, 0.3) is 0 Å². The van der Waals surface area contributed by atoms with Gasteiger partial charge in [-0.3, -0.25) is 0 Å². The van der Waals surface area contributed by atoms with E-state index in [4.69, 9.17) is 16.3 Å². The first-order chi connectivity index (χ1) is 9.78. The molecule has 1 nitrogen and oxygen atoms in total. The first-order valence-electron chi connectivity index (χ1n) is 6.50. The van der Waals surface area contributed by atoms with E-state index in [-0.39, 0.29) is 0 Å². The van der Waals surface area contributed by atoms with Crippen molar-refractivity contribution in [2.75, 3.05) is 11.1 Å². The monoisotopic (exact) mass is 368 g/mol. The molecule has 1 heterocycles. The van der Waals surface area contributed by atoms with Crippen molar-refractivity contribution in [1.29, 1.82) is 0 Å². The van der Waals surface area contributed by atoms with Crippen molar-refractivity contribution < 1.29 is 4.74 Å². The molecule has 2 aromatic carbocycles. The quantitative estimate of drug-likeness (QED) is 0.627. The molecular weight excluding hydrogens is 356 g/mol. The van der Waals surface area contributed by atoms with Crippen LogP contribution in [-0.2, 0) is 6.42 Å². The highest BCUT2D eigenvalue weighted by Gasteiger charge is 2.23. The van der Waals surface area contributed by atoms with Crippen LogP contribution in [0.25, 0.3) is 0 Å². The fraction of sp³-hybridized carbons (Fsp3) is 0.250. The molecule has 1 aliphatic heterocycles. The number of hydrogen-bond donors (Lipinski definition) is 0. The Kier molecular flexibility index (Phi) is 4.59.